The van der Waals surface area contributed by atoms with Crippen molar-refractivity contribution in [3.05, 3.63) is 29.8 Å². The SMILES string of the molecule is N#Cc1ccc(OCC(=O)N2CCC[C@H](C(N)=O)C2)cc1. The van der Waals surface area contributed by atoms with Gasteiger partial charge in [-0.15, -0.1) is 0 Å². The molecule has 0 radical (unpaired) electrons. The van der Waals surface area contributed by atoms with E-state index in [-0.39, 0.29) is 24.3 Å². The maximum Gasteiger partial charge on any atom is 0.260 e. The van der Waals surface area contributed by atoms with Crippen molar-refractivity contribution in [2.45, 2.75) is 12.8 Å². The molecule has 2 amide bonds. The molecule has 0 aromatic heterocycles. The highest BCUT2D eigenvalue weighted by Crippen LogP contribution is 2.17. The normalized spacial score (nSPS) is 17.9. The molecular formula is C15H17N3O3. The highest BCUT2D eigenvalue weighted by molar-refractivity contribution is 5.81. The number of carbonyl (C=O) groups excluding carboxylic acids is 2. The molecule has 1 aliphatic heterocycles. The molecule has 2 rings (SSSR count). The van der Waals surface area contributed by atoms with Crippen molar-refractivity contribution in [2.75, 3.05) is 19.7 Å². The molecule has 1 atom stereocenters. The molecule has 2 N–H and O–H groups in total. The Labute approximate surface area is 123 Å². The molecule has 21 heavy (non-hydrogen) atoms. The molecule has 0 spiro atoms. The van der Waals surface area contributed by atoms with Gasteiger partial charge in [0.1, 0.15) is 5.75 Å². The zero-order valence-corrected chi connectivity index (χ0v) is 11.6. The molecule has 6 heteroatoms. The lowest BCUT2D eigenvalue weighted by atomic mass is 9.97. The van der Waals surface area contributed by atoms with Gasteiger partial charge >= 0.3 is 0 Å². The van der Waals surface area contributed by atoms with Crippen LogP contribution < -0.4 is 10.5 Å². The zero-order valence-electron chi connectivity index (χ0n) is 11.6. The van der Waals surface area contributed by atoms with Crippen molar-refractivity contribution < 1.29 is 14.3 Å². The maximum atomic E-state index is 12.1. The number of amides is 2. The topological polar surface area (TPSA) is 96.4 Å². The van der Waals surface area contributed by atoms with E-state index in [0.717, 1.165) is 12.8 Å². The summed E-state index contributed by atoms with van der Waals surface area (Å²) in [6.45, 7) is 0.904. The number of ether oxygens (including phenoxy) is 1. The lowest BCUT2D eigenvalue weighted by Crippen LogP contribution is -2.45. The predicted molar refractivity (Wildman–Crippen MR) is 75.2 cm³/mol. The van der Waals surface area contributed by atoms with Crippen molar-refractivity contribution in [3.8, 4) is 11.8 Å². The van der Waals surface area contributed by atoms with Crippen LogP contribution in [-0.4, -0.2) is 36.4 Å². The van der Waals surface area contributed by atoms with Gasteiger partial charge in [-0.2, -0.15) is 5.26 Å². The van der Waals surface area contributed by atoms with Gasteiger partial charge in [0.2, 0.25) is 5.91 Å². The fraction of sp³-hybridized carbons (Fsp3) is 0.400. The number of benzene rings is 1. The van der Waals surface area contributed by atoms with Gasteiger partial charge in [-0.25, -0.2) is 0 Å². The average molecular weight is 287 g/mol. The first kappa shape index (κ1) is 14.9. The molecule has 1 saturated heterocycles. The van der Waals surface area contributed by atoms with Crippen molar-refractivity contribution in [2.24, 2.45) is 11.7 Å². The average Bonchev–Trinajstić information content (AvgIpc) is 2.53. The Morgan fingerprint density at radius 1 is 1.38 bits per heavy atom. The van der Waals surface area contributed by atoms with E-state index in [0.29, 0.717) is 24.4 Å². The quantitative estimate of drug-likeness (QED) is 0.879. The Kier molecular flexibility index (Phi) is 4.77. The summed E-state index contributed by atoms with van der Waals surface area (Å²) in [5, 5.41) is 8.70. The maximum absolute atomic E-state index is 12.1. The number of rotatable bonds is 4. The Balaban J connectivity index is 1.86. The molecule has 1 fully saturated rings. The van der Waals surface area contributed by atoms with Crippen molar-refractivity contribution >= 4 is 11.8 Å². The van der Waals surface area contributed by atoms with E-state index in [4.69, 9.17) is 15.7 Å². The Hall–Kier alpha value is -2.55. The molecule has 0 bridgehead atoms. The second-order valence-corrected chi connectivity index (χ2v) is 5.01. The Morgan fingerprint density at radius 2 is 2.10 bits per heavy atom. The summed E-state index contributed by atoms with van der Waals surface area (Å²) in [5.74, 6) is -0.255. The first-order valence-corrected chi connectivity index (χ1v) is 6.80. The van der Waals surface area contributed by atoms with Gasteiger partial charge in [0.05, 0.1) is 17.6 Å². The van der Waals surface area contributed by atoms with Gasteiger partial charge in [0.15, 0.2) is 6.61 Å². The minimum atomic E-state index is -0.361. The first-order chi connectivity index (χ1) is 10.1. The molecule has 1 aromatic rings. The van der Waals surface area contributed by atoms with Crippen LogP contribution in [0.25, 0.3) is 0 Å². The molecule has 1 aromatic carbocycles. The van der Waals surface area contributed by atoms with E-state index in [9.17, 15) is 9.59 Å². The third-order valence-electron chi connectivity index (χ3n) is 3.52. The monoisotopic (exact) mass is 287 g/mol. The van der Waals surface area contributed by atoms with Crippen molar-refractivity contribution in [1.29, 1.82) is 5.26 Å². The number of primary amides is 1. The largest absolute Gasteiger partial charge is 0.484 e. The van der Waals surface area contributed by atoms with Crippen LogP contribution in [-0.2, 0) is 9.59 Å². The highest BCUT2D eigenvalue weighted by atomic mass is 16.5. The lowest BCUT2D eigenvalue weighted by molar-refractivity contribution is -0.136. The number of hydrogen-bond acceptors (Lipinski definition) is 4. The number of nitriles is 1. The van der Waals surface area contributed by atoms with Crippen LogP contribution in [0.2, 0.25) is 0 Å². The summed E-state index contributed by atoms with van der Waals surface area (Å²) < 4.78 is 5.40. The van der Waals surface area contributed by atoms with Crippen LogP contribution in [0.4, 0.5) is 0 Å². The van der Waals surface area contributed by atoms with Crippen molar-refractivity contribution in [1.82, 2.24) is 4.90 Å². The predicted octanol–water partition coefficient (Wildman–Crippen LogP) is 0.661. The van der Waals surface area contributed by atoms with Gasteiger partial charge in [0.25, 0.3) is 5.91 Å². The van der Waals surface area contributed by atoms with Crippen molar-refractivity contribution in [3.63, 3.8) is 0 Å². The van der Waals surface area contributed by atoms with Crippen LogP contribution in [0.15, 0.2) is 24.3 Å². The smallest absolute Gasteiger partial charge is 0.260 e. The fourth-order valence-corrected chi connectivity index (χ4v) is 2.30. The van der Waals surface area contributed by atoms with E-state index in [2.05, 4.69) is 0 Å². The molecule has 6 nitrogen and oxygen atoms in total. The number of nitrogens with two attached hydrogens (primary N) is 1. The Bertz CT molecular complexity index is 563. The van der Waals surface area contributed by atoms with Gasteiger partial charge in [0, 0.05) is 13.1 Å². The van der Waals surface area contributed by atoms with E-state index in [1.807, 2.05) is 6.07 Å². The number of nitrogens with zero attached hydrogens (tertiary/aromatic N) is 2. The number of hydrogen-bond donors (Lipinski definition) is 1. The van der Waals surface area contributed by atoms with Gasteiger partial charge in [-0.3, -0.25) is 9.59 Å². The third-order valence-corrected chi connectivity index (χ3v) is 3.52. The molecule has 110 valence electrons. The highest BCUT2D eigenvalue weighted by Gasteiger charge is 2.26. The van der Waals surface area contributed by atoms with Crippen LogP contribution in [0.1, 0.15) is 18.4 Å². The van der Waals surface area contributed by atoms with E-state index in [1.54, 1.807) is 29.2 Å². The third kappa shape index (κ3) is 3.96. The van der Waals surface area contributed by atoms with Crippen LogP contribution in [0.3, 0.4) is 0 Å². The molecule has 1 heterocycles. The summed E-state index contributed by atoms with van der Waals surface area (Å²) in [7, 11) is 0. The fourth-order valence-electron chi connectivity index (χ4n) is 2.30. The molecule has 0 saturated carbocycles. The Morgan fingerprint density at radius 3 is 2.71 bits per heavy atom. The van der Waals surface area contributed by atoms with E-state index >= 15 is 0 Å². The molecule has 1 aliphatic rings. The molecule has 0 unspecified atom stereocenters. The zero-order chi connectivity index (χ0) is 15.2. The standard InChI is InChI=1S/C15H17N3O3/c16-8-11-3-5-13(6-4-11)21-10-14(19)18-7-1-2-12(9-18)15(17)20/h3-6,12H,1-2,7,9-10H2,(H2,17,20)/t12-/m0/s1. The van der Waals surface area contributed by atoms with Crippen LogP contribution in [0.5, 0.6) is 5.75 Å². The van der Waals surface area contributed by atoms with E-state index < -0.39 is 0 Å². The first-order valence-electron chi connectivity index (χ1n) is 6.80. The summed E-state index contributed by atoms with van der Waals surface area (Å²) in [6.07, 6.45) is 1.51. The molecule has 0 aliphatic carbocycles. The second kappa shape index (κ2) is 6.75. The summed E-state index contributed by atoms with van der Waals surface area (Å²) in [5.41, 5.74) is 5.82. The van der Waals surface area contributed by atoms with Gasteiger partial charge in [-0.05, 0) is 37.1 Å². The summed E-state index contributed by atoms with van der Waals surface area (Å²) in [4.78, 5) is 24.9. The lowest BCUT2D eigenvalue weighted by Gasteiger charge is -2.31. The number of carbonyl (C=O) groups is 2. The number of piperidine rings is 1. The van der Waals surface area contributed by atoms with Crippen LogP contribution in [0, 0.1) is 17.2 Å². The van der Waals surface area contributed by atoms with Crippen LogP contribution >= 0.6 is 0 Å². The molecular weight excluding hydrogens is 270 g/mol. The minimum Gasteiger partial charge on any atom is -0.484 e. The van der Waals surface area contributed by atoms with Gasteiger partial charge in [-0.1, -0.05) is 0 Å². The minimum absolute atomic E-state index is 0.0859. The number of likely N-dealkylation sites (tertiary alicyclic amines) is 1. The second-order valence-electron chi connectivity index (χ2n) is 5.01. The summed E-state index contributed by atoms with van der Waals surface area (Å²) in [6, 6.07) is 8.56. The summed E-state index contributed by atoms with van der Waals surface area (Å²) >= 11 is 0. The van der Waals surface area contributed by atoms with E-state index in [1.165, 1.54) is 0 Å². The van der Waals surface area contributed by atoms with Gasteiger partial charge < -0.3 is 15.4 Å².